The van der Waals surface area contributed by atoms with Gasteiger partial charge in [0, 0.05) is 26.2 Å². The zero-order valence-electron chi connectivity index (χ0n) is 13.5. The first-order valence-corrected chi connectivity index (χ1v) is 7.78. The number of nitrogens with zero attached hydrogens (tertiary/aromatic N) is 3. The predicted molar refractivity (Wildman–Crippen MR) is 83.7 cm³/mol. The summed E-state index contributed by atoms with van der Waals surface area (Å²) in [5, 5.41) is 3.43. The summed E-state index contributed by atoms with van der Waals surface area (Å²) in [4.78, 5) is 9.61. The van der Waals surface area contributed by atoms with Crippen LogP contribution in [0.5, 0.6) is 0 Å². The van der Waals surface area contributed by atoms with E-state index in [1.807, 2.05) is 0 Å². The Morgan fingerprint density at radius 1 is 1.26 bits per heavy atom. The maximum Gasteiger partial charge on any atom is 0.193 e. The van der Waals surface area contributed by atoms with Crippen LogP contribution in [0.25, 0.3) is 0 Å². The van der Waals surface area contributed by atoms with E-state index in [1.165, 1.54) is 6.42 Å². The summed E-state index contributed by atoms with van der Waals surface area (Å²) in [5.74, 6) is 1.10. The van der Waals surface area contributed by atoms with Gasteiger partial charge in [-0.1, -0.05) is 27.7 Å². The highest BCUT2D eigenvalue weighted by Gasteiger charge is 2.30. The Morgan fingerprint density at radius 3 is 2.42 bits per heavy atom. The highest BCUT2D eigenvalue weighted by Crippen LogP contribution is 2.28. The molecule has 0 aromatic rings. The molecule has 0 bridgehead atoms. The number of hydrogen-bond donors (Lipinski definition) is 1. The molecule has 0 aromatic heterocycles. The molecule has 1 fully saturated rings. The Labute approximate surface area is 119 Å². The lowest BCUT2D eigenvalue weighted by molar-refractivity contribution is 0.311. The van der Waals surface area contributed by atoms with Crippen molar-refractivity contribution >= 4 is 5.96 Å². The van der Waals surface area contributed by atoms with Gasteiger partial charge in [0.1, 0.15) is 0 Å². The summed E-state index contributed by atoms with van der Waals surface area (Å²) in [7, 11) is 0. The largest absolute Gasteiger partial charge is 0.357 e. The van der Waals surface area contributed by atoms with Crippen LogP contribution >= 0.6 is 0 Å². The van der Waals surface area contributed by atoms with Gasteiger partial charge >= 0.3 is 0 Å². The van der Waals surface area contributed by atoms with Crippen molar-refractivity contribution in [1.82, 2.24) is 15.1 Å². The fraction of sp³-hybridized carbons (Fsp3) is 0.933. The first-order chi connectivity index (χ1) is 9.02. The molecular weight excluding hydrogens is 236 g/mol. The lowest BCUT2D eigenvalue weighted by atomic mass is 9.93. The second-order valence-corrected chi connectivity index (χ2v) is 6.10. The van der Waals surface area contributed by atoms with Gasteiger partial charge in [0.2, 0.25) is 0 Å². The van der Waals surface area contributed by atoms with Gasteiger partial charge < -0.3 is 15.1 Å². The summed E-state index contributed by atoms with van der Waals surface area (Å²) >= 11 is 0. The molecule has 0 amide bonds. The van der Waals surface area contributed by atoms with Crippen molar-refractivity contribution in [3.63, 3.8) is 0 Å². The molecule has 0 radical (unpaired) electrons. The van der Waals surface area contributed by atoms with Crippen molar-refractivity contribution in [2.24, 2.45) is 10.4 Å². The van der Waals surface area contributed by atoms with Gasteiger partial charge in [0.25, 0.3) is 0 Å². The minimum absolute atomic E-state index is 0.426. The molecule has 0 aromatic carbocycles. The second kappa shape index (κ2) is 7.73. The van der Waals surface area contributed by atoms with Crippen LogP contribution in [-0.4, -0.2) is 61.6 Å². The molecule has 1 heterocycles. The fourth-order valence-corrected chi connectivity index (χ4v) is 2.56. The highest BCUT2D eigenvalue weighted by molar-refractivity contribution is 5.80. The van der Waals surface area contributed by atoms with E-state index in [4.69, 9.17) is 4.99 Å². The number of hydrogen-bond acceptors (Lipinski definition) is 2. The number of guanidine groups is 1. The number of rotatable bonds is 6. The van der Waals surface area contributed by atoms with Crippen LogP contribution < -0.4 is 5.32 Å². The molecule has 4 nitrogen and oxygen atoms in total. The van der Waals surface area contributed by atoms with Crippen LogP contribution in [0.4, 0.5) is 0 Å². The molecule has 1 N–H and O–H groups in total. The molecule has 1 aliphatic rings. The minimum Gasteiger partial charge on any atom is -0.357 e. The average molecular weight is 268 g/mol. The van der Waals surface area contributed by atoms with Crippen molar-refractivity contribution in [2.75, 3.05) is 45.8 Å². The van der Waals surface area contributed by atoms with Crippen molar-refractivity contribution in [3.8, 4) is 0 Å². The van der Waals surface area contributed by atoms with Gasteiger partial charge in [-0.25, -0.2) is 0 Å². The quantitative estimate of drug-likeness (QED) is 0.591. The van der Waals surface area contributed by atoms with E-state index >= 15 is 0 Å². The molecular formula is C15H32N4. The number of likely N-dealkylation sites (N-methyl/N-ethyl adjacent to an activating group) is 1. The van der Waals surface area contributed by atoms with Crippen molar-refractivity contribution in [2.45, 2.75) is 41.0 Å². The number of likely N-dealkylation sites (tertiary alicyclic amines) is 1. The van der Waals surface area contributed by atoms with E-state index in [0.717, 1.165) is 51.8 Å². The van der Waals surface area contributed by atoms with Crippen LogP contribution in [-0.2, 0) is 0 Å². The molecule has 19 heavy (non-hydrogen) atoms. The van der Waals surface area contributed by atoms with E-state index < -0.39 is 0 Å². The second-order valence-electron chi connectivity index (χ2n) is 6.10. The molecule has 0 atom stereocenters. The smallest absolute Gasteiger partial charge is 0.193 e. The van der Waals surface area contributed by atoms with Gasteiger partial charge in [-0.15, -0.1) is 0 Å². The summed E-state index contributed by atoms with van der Waals surface area (Å²) in [5.41, 5.74) is 0.426. The zero-order chi connectivity index (χ0) is 14.3. The molecule has 1 rings (SSSR count). The predicted octanol–water partition coefficient (Wildman–Crippen LogP) is 2.03. The average Bonchev–Trinajstić information content (AvgIpc) is 2.74. The molecule has 4 heteroatoms. The van der Waals surface area contributed by atoms with Crippen LogP contribution in [0.3, 0.4) is 0 Å². The van der Waals surface area contributed by atoms with E-state index in [2.05, 4.69) is 49.7 Å². The van der Waals surface area contributed by atoms with Gasteiger partial charge in [0.15, 0.2) is 5.96 Å². The Bertz CT molecular complexity index is 282. The SMILES string of the molecule is CCNC(=NCCN(CC)CC)N1CCC(C)(C)C1. The third kappa shape index (κ3) is 5.39. The van der Waals surface area contributed by atoms with Crippen molar-refractivity contribution in [1.29, 1.82) is 0 Å². The van der Waals surface area contributed by atoms with Crippen LogP contribution in [0.15, 0.2) is 4.99 Å². The minimum atomic E-state index is 0.426. The summed E-state index contributed by atoms with van der Waals surface area (Å²) < 4.78 is 0. The first kappa shape index (κ1) is 16.3. The Kier molecular flexibility index (Phi) is 6.63. The van der Waals surface area contributed by atoms with Crippen molar-refractivity contribution < 1.29 is 0 Å². The van der Waals surface area contributed by atoms with Crippen LogP contribution in [0, 0.1) is 5.41 Å². The maximum atomic E-state index is 4.79. The monoisotopic (exact) mass is 268 g/mol. The Hall–Kier alpha value is -0.770. The van der Waals surface area contributed by atoms with Gasteiger partial charge in [0.05, 0.1) is 6.54 Å². The molecule has 0 spiro atoms. The standard InChI is InChI=1S/C15H32N4/c1-6-16-14(17-10-12-18(7-2)8-3)19-11-9-15(4,5)13-19/h6-13H2,1-5H3,(H,16,17). The highest BCUT2D eigenvalue weighted by atomic mass is 15.3. The number of aliphatic imine (C=N–C) groups is 1. The first-order valence-electron chi connectivity index (χ1n) is 7.78. The lowest BCUT2D eigenvalue weighted by Crippen LogP contribution is -2.41. The third-order valence-corrected chi connectivity index (χ3v) is 3.88. The van der Waals surface area contributed by atoms with E-state index in [-0.39, 0.29) is 0 Å². The lowest BCUT2D eigenvalue weighted by Gasteiger charge is -2.24. The molecule has 1 saturated heterocycles. The molecule has 0 saturated carbocycles. The normalized spacial score (nSPS) is 19.3. The van der Waals surface area contributed by atoms with Gasteiger partial charge in [-0.3, -0.25) is 4.99 Å². The number of nitrogens with one attached hydrogen (secondary N) is 1. The summed E-state index contributed by atoms with van der Waals surface area (Å²) in [6.45, 7) is 18.6. The van der Waals surface area contributed by atoms with Crippen LogP contribution in [0.2, 0.25) is 0 Å². The van der Waals surface area contributed by atoms with Crippen LogP contribution in [0.1, 0.15) is 41.0 Å². The fourth-order valence-electron chi connectivity index (χ4n) is 2.56. The van der Waals surface area contributed by atoms with Crippen molar-refractivity contribution in [3.05, 3.63) is 0 Å². The molecule has 1 aliphatic heterocycles. The van der Waals surface area contributed by atoms with E-state index in [1.54, 1.807) is 0 Å². The molecule has 0 unspecified atom stereocenters. The summed E-state index contributed by atoms with van der Waals surface area (Å²) in [6, 6.07) is 0. The van der Waals surface area contributed by atoms with E-state index in [9.17, 15) is 0 Å². The molecule has 0 aliphatic carbocycles. The maximum absolute atomic E-state index is 4.79. The topological polar surface area (TPSA) is 30.9 Å². The van der Waals surface area contributed by atoms with Gasteiger partial charge in [-0.05, 0) is 31.8 Å². The van der Waals surface area contributed by atoms with Gasteiger partial charge in [-0.2, -0.15) is 0 Å². The molecule has 112 valence electrons. The Balaban J connectivity index is 2.52. The zero-order valence-corrected chi connectivity index (χ0v) is 13.5. The van der Waals surface area contributed by atoms with E-state index in [0.29, 0.717) is 5.41 Å². The summed E-state index contributed by atoms with van der Waals surface area (Å²) in [6.07, 6.45) is 1.26. The Morgan fingerprint density at radius 2 is 1.95 bits per heavy atom. The third-order valence-electron chi connectivity index (χ3n) is 3.88.